The molecule has 1 aromatic carbocycles. The van der Waals surface area contributed by atoms with Gasteiger partial charge in [-0.05, 0) is 42.9 Å². The molecule has 1 aromatic heterocycles. The maximum Gasteiger partial charge on any atom is 0.336 e. The number of carboxylic acids is 1. The summed E-state index contributed by atoms with van der Waals surface area (Å²) in [6, 6.07) is 5.48. The Morgan fingerprint density at radius 3 is 2.64 bits per heavy atom. The van der Waals surface area contributed by atoms with Gasteiger partial charge in [-0.1, -0.05) is 27.2 Å². The molecule has 0 unspecified atom stereocenters. The summed E-state index contributed by atoms with van der Waals surface area (Å²) in [4.78, 5) is 34.9. The first-order valence-corrected chi connectivity index (χ1v) is 9.50. The second kappa shape index (κ2) is 9.92. The molecular weight excluding hydrogens is 362 g/mol. The van der Waals surface area contributed by atoms with Crippen molar-refractivity contribution >= 4 is 22.8 Å². The lowest BCUT2D eigenvalue weighted by Crippen LogP contribution is -2.49. The summed E-state index contributed by atoms with van der Waals surface area (Å²) in [5.41, 5.74) is 0.880. The number of aryl methyl sites for hydroxylation is 1. The van der Waals surface area contributed by atoms with Crippen molar-refractivity contribution in [3.63, 3.8) is 0 Å². The Kier molecular flexibility index (Phi) is 7.61. The number of hydrogen-bond donors (Lipinski definition) is 1. The van der Waals surface area contributed by atoms with E-state index in [2.05, 4.69) is 12.2 Å². The van der Waals surface area contributed by atoms with E-state index < -0.39 is 23.5 Å². The number of carbonyl (C=O) groups is 2. The SMILES string of the molecule is CCCCc1cc(=O)oc2cc(OCC(=O)N[C@@H](CC(C)C)C(=O)[O-])ccc12. The molecule has 7 nitrogen and oxygen atoms in total. The van der Waals surface area contributed by atoms with Gasteiger partial charge in [0, 0.05) is 17.5 Å². The number of carboxylic acid groups (broad SMARTS) is 1. The molecule has 0 saturated heterocycles. The van der Waals surface area contributed by atoms with Gasteiger partial charge >= 0.3 is 5.63 Å². The van der Waals surface area contributed by atoms with Crippen molar-refractivity contribution < 1.29 is 23.8 Å². The van der Waals surface area contributed by atoms with Crippen LogP contribution in [0.2, 0.25) is 0 Å². The number of benzene rings is 1. The third-order valence-electron chi connectivity index (χ3n) is 4.30. The number of amides is 1. The minimum atomic E-state index is -1.32. The topological polar surface area (TPSA) is 109 Å². The number of carbonyl (C=O) groups excluding carboxylic acids is 2. The number of ether oxygens (including phenoxy) is 1. The lowest BCUT2D eigenvalue weighted by molar-refractivity contribution is -0.308. The Bertz CT molecular complexity index is 886. The highest BCUT2D eigenvalue weighted by molar-refractivity contribution is 5.84. The fourth-order valence-electron chi connectivity index (χ4n) is 2.94. The number of rotatable bonds is 10. The van der Waals surface area contributed by atoms with Crippen LogP contribution in [-0.2, 0) is 16.0 Å². The Hall–Kier alpha value is -2.83. The zero-order valence-electron chi connectivity index (χ0n) is 16.4. The minimum Gasteiger partial charge on any atom is -0.548 e. The second-order valence-electron chi connectivity index (χ2n) is 7.21. The molecule has 0 aliphatic heterocycles. The van der Waals surface area contributed by atoms with Gasteiger partial charge < -0.3 is 24.4 Å². The molecule has 0 fully saturated rings. The summed E-state index contributed by atoms with van der Waals surface area (Å²) >= 11 is 0. The van der Waals surface area contributed by atoms with Gasteiger partial charge in [-0.2, -0.15) is 0 Å². The predicted octanol–water partition coefficient (Wildman–Crippen LogP) is 1.80. The Labute approximate surface area is 163 Å². The van der Waals surface area contributed by atoms with Crippen molar-refractivity contribution in [2.75, 3.05) is 6.61 Å². The van der Waals surface area contributed by atoms with E-state index in [9.17, 15) is 19.5 Å². The highest BCUT2D eigenvalue weighted by atomic mass is 16.5. The molecule has 28 heavy (non-hydrogen) atoms. The molecule has 0 bridgehead atoms. The fourth-order valence-corrected chi connectivity index (χ4v) is 2.94. The number of nitrogens with one attached hydrogen (secondary N) is 1. The van der Waals surface area contributed by atoms with Gasteiger partial charge in [0.1, 0.15) is 11.3 Å². The largest absolute Gasteiger partial charge is 0.548 e. The summed E-state index contributed by atoms with van der Waals surface area (Å²) in [5, 5.41) is 14.4. The molecule has 0 aliphatic rings. The Morgan fingerprint density at radius 2 is 2.00 bits per heavy atom. The molecule has 1 heterocycles. The van der Waals surface area contributed by atoms with Crippen LogP contribution < -0.4 is 20.8 Å². The summed E-state index contributed by atoms with van der Waals surface area (Å²) in [7, 11) is 0. The molecule has 1 atom stereocenters. The van der Waals surface area contributed by atoms with Gasteiger partial charge in [-0.25, -0.2) is 4.79 Å². The molecule has 0 aliphatic carbocycles. The first-order chi connectivity index (χ1) is 13.3. The molecule has 1 amide bonds. The normalized spacial score (nSPS) is 12.1. The first kappa shape index (κ1) is 21.5. The Morgan fingerprint density at radius 1 is 1.25 bits per heavy atom. The molecule has 2 aromatic rings. The van der Waals surface area contributed by atoms with Crippen LogP contribution in [0.4, 0.5) is 0 Å². The zero-order valence-corrected chi connectivity index (χ0v) is 16.4. The van der Waals surface area contributed by atoms with E-state index in [1.165, 1.54) is 6.07 Å². The summed E-state index contributed by atoms with van der Waals surface area (Å²) in [6.07, 6.45) is 3.03. The van der Waals surface area contributed by atoms with E-state index in [0.29, 0.717) is 11.3 Å². The van der Waals surface area contributed by atoms with Crippen molar-refractivity contribution in [1.82, 2.24) is 5.32 Å². The lowest BCUT2D eigenvalue weighted by Gasteiger charge is -2.21. The van der Waals surface area contributed by atoms with Crippen LogP contribution in [0.15, 0.2) is 33.5 Å². The smallest absolute Gasteiger partial charge is 0.336 e. The van der Waals surface area contributed by atoms with E-state index >= 15 is 0 Å². The van der Waals surface area contributed by atoms with E-state index in [-0.39, 0.29) is 18.9 Å². The van der Waals surface area contributed by atoms with Crippen molar-refractivity contribution in [3.8, 4) is 5.75 Å². The van der Waals surface area contributed by atoms with Crippen LogP contribution in [0.1, 0.15) is 45.6 Å². The molecular formula is C21H26NO6-. The maximum atomic E-state index is 12.0. The van der Waals surface area contributed by atoms with Crippen molar-refractivity contribution in [3.05, 3.63) is 40.2 Å². The molecule has 7 heteroatoms. The van der Waals surface area contributed by atoms with Crippen molar-refractivity contribution in [2.24, 2.45) is 5.92 Å². The molecule has 1 N–H and O–H groups in total. The zero-order chi connectivity index (χ0) is 20.7. The number of unbranched alkanes of at least 4 members (excludes halogenated alkanes) is 1. The summed E-state index contributed by atoms with van der Waals surface area (Å²) in [6.45, 7) is 5.44. The summed E-state index contributed by atoms with van der Waals surface area (Å²) in [5.74, 6) is -1.44. The molecule has 152 valence electrons. The van der Waals surface area contributed by atoms with Gasteiger partial charge in [0.25, 0.3) is 5.91 Å². The number of fused-ring (bicyclic) bond motifs is 1. The van der Waals surface area contributed by atoms with Crippen LogP contribution in [-0.4, -0.2) is 24.5 Å². The van der Waals surface area contributed by atoms with E-state index in [4.69, 9.17) is 9.15 Å². The average Bonchev–Trinajstić information content (AvgIpc) is 2.63. The van der Waals surface area contributed by atoms with Crippen LogP contribution in [0.25, 0.3) is 11.0 Å². The van der Waals surface area contributed by atoms with E-state index in [0.717, 1.165) is 30.2 Å². The van der Waals surface area contributed by atoms with Crippen molar-refractivity contribution in [2.45, 2.75) is 52.5 Å². The van der Waals surface area contributed by atoms with Gasteiger partial charge in [0.15, 0.2) is 6.61 Å². The molecule has 0 radical (unpaired) electrons. The first-order valence-electron chi connectivity index (χ1n) is 9.50. The standard InChI is InChI=1S/C21H27NO6/c1-4-5-6-14-10-20(24)28-18-11-15(7-8-16(14)18)27-12-19(23)22-17(21(25)26)9-13(2)3/h7-8,10-11,13,17H,4-6,9,12H2,1-3H3,(H,22,23)(H,25,26)/p-1/t17-/m0/s1. The van der Waals surface area contributed by atoms with E-state index in [1.807, 2.05) is 13.8 Å². The second-order valence-corrected chi connectivity index (χ2v) is 7.21. The number of hydrogen-bond acceptors (Lipinski definition) is 6. The van der Waals surface area contributed by atoms with Crippen LogP contribution >= 0.6 is 0 Å². The van der Waals surface area contributed by atoms with E-state index in [1.54, 1.807) is 18.2 Å². The molecule has 0 spiro atoms. The average molecular weight is 388 g/mol. The highest BCUT2D eigenvalue weighted by Crippen LogP contribution is 2.23. The predicted molar refractivity (Wildman–Crippen MR) is 103 cm³/mol. The van der Waals surface area contributed by atoms with Crippen LogP contribution in [0.5, 0.6) is 5.75 Å². The number of aliphatic carboxylic acids is 1. The van der Waals surface area contributed by atoms with Gasteiger partial charge in [0.05, 0.1) is 12.0 Å². The maximum absolute atomic E-state index is 12.0. The van der Waals surface area contributed by atoms with Gasteiger partial charge in [-0.3, -0.25) is 4.79 Å². The highest BCUT2D eigenvalue weighted by Gasteiger charge is 2.16. The molecule has 0 saturated carbocycles. The molecule has 2 rings (SSSR count). The quantitative estimate of drug-likeness (QED) is 0.622. The van der Waals surface area contributed by atoms with Crippen LogP contribution in [0.3, 0.4) is 0 Å². The third kappa shape index (κ3) is 6.11. The fraction of sp³-hybridized carbons (Fsp3) is 0.476. The van der Waals surface area contributed by atoms with Gasteiger partial charge in [0.2, 0.25) is 0 Å². The summed E-state index contributed by atoms with van der Waals surface area (Å²) < 4.78 is 10.7. The lowest BCUT2D eigenvalue weighted by atomic mass is 10.0. The van der Waals surface area contributed by atoms with Crippen LogP contribution in [0, 0.1) is 5.92 Å². The van der Waals surface area contributed by atoms with Crippen molar-refractivity contribution in [1.29, 1.82) is 0 Å². The van der Waals surface area contributed by atoms with Gasteiger partial charge in [-0.15, -0.1) is 0 Å². The Balaban J connectivity index is 2.07. The minimum absolute atomic E-state index is 0.0920. The monoisotopic (exact) mass is 388 g/mol. The third-order valence-corrected chi connectivity index (χ3v) is 4.30.